The van der Waals surface area contributed by atoms with Gasteiger partial charge in [0.2, 0.25) is 5.91 Å². The topological polar surface area (TPSA) is 167 Å². The number of carbonyl (C=O) groups excluding carboxylic acids is 2. The van der Waals surface area contributed by atoms with E-state index >= 15 is 0 Å². The largest absolute Gasteiger partial charge is 0.382 e. The van der Waals surface area contributed by atoms with Crippen LogP contribution in [0.15, 0.2) is 12.7 Å². The number of hydrogen-bond donors (Lipinski definition) is 6. The van der Waals surface area contributed by atoms with Gasteiger partial charge in [0.05, 0.1) is 6.33 Å². The van der Waals surface area contributed by atoms with Crippen LogP contribution in [0.25, 0.3) is 11.2 Å². The van der Waals surface area contributed by atoms with Gasteiger partial charge in [0.1, 0.15) is 11.8 Å². The lowest BCUT2D eigenvalue weighted by atomic mass is 10.1. The molecule has 3 heterocycles. The molecule has 0 aliphatic carbocycles. The minimum Gasteiger partial charge on any atom is -0.382 e. The molecule has 35 heavy (non-hydrogen) atoms. The summed E-state index contributed by atoms with van der Waals surface area (Å²) in [7, 11) is 0. The van der Waals surface area contributed by atoms with Crippen LogP contribution in [-0.4, -0.2) is 102 Å². The Balaban J connectivity index is 1.24. The minimum atomic E-state index is -0.214. The number of rotatable bonds is 9. The quantitative estimate of drug-likeness (QED) is 0.239. The van der Waals surface area contributed by atoms with Crippen molar-refractivity contribution in [3.8, 4) is 0 Å². The maximum absolute atomic E-state index is 12.6. The highest BCUT2D eigenvalue weighted by atomic mass is 16.2. The smallest absolute Gasteiger partial charge is 0.314 e. The Labute approximate surface area is 206 Å². The zero-order valence-electron chi connectivity index (χ0n) is 20.4. The van der Waals surface area contributed by atoms with E-state index in [1.165, 1.54) is 6.33 Å². The minimum absolute atomic E-state index is 0.202. The van der Waals surface area contributed by atoms with Crippen molar-refractivity contribution in [1.29, 1.82) is 0 Å². The molecular weight excluding hydrogens is 450 g/mol. The predicted octanol–water partition coefficient (Wildman–Crippen LogP) is -1.12. The second-order valence-corrected chi connectivity index (χ2v) is 8.49. The van der Waals surface area contributed by atoms with E-state index in [1.54, 1.807) is 6.33 Å². The third-order valence-electron chi connectivity index (χ3n) is 5.85. The Morgan fingerprint density at radius 1 is 0.886 bits per heavy atom. The molecule has 0 unspecified atom stereocenters. The number of nitrogens with one attached hydrogen (secondary N) is 5. The number of carbonyl (C=O) groups is 2. The number of amides is 3. The Morgan fingerprint density at radius 2 is 1.57 bits per heavy atom. The molecule has 1 aliphatic heterocycles. The molecule has 1 saturated heterocycles. The first-order valence-electron chi connectivity index (χ1n) is 12.5. The first-order valence-corrected chi connectivity index (χ1v) is 12.5. The third-order valence-corrected chi connectivity index (χ3v) is 5.85. The highest BCUT2D eigenvalue weighted by Gasteiger charge is 2.13. The summed E-state index contributed by atoms with van der Waals surface area (Å²) in [6, 6.07) is -0.214. The fourth-order valence-electron chi connectivity index (χ4n) is 3.87. The fraction of sp³-hybridized carbons (Fsp3) is 0.682. The van der Waals surface area contributed by atoms with Gasteiger partial charge < -0.3 is 41.8 Å². The highest BCUT2D eigenvalue weighted by molar-refractivity contribution is 5.81. The Kier molecular flexibility index (Phi) is 11.4. The second kappa shape index (κ2) is 15.1. The fourth-order valence-corrected chi connectivity index (χ4v) is 3.87. The molecule has 1 fully saturated rings. The molecule has 3 rings (SSSR count). The van der Waals surface area contributed by atoms with Crippen LogP contribution in [0.3, 0.4) is 0 Å². The predicted molar refractivity (Wildman–Crippen MR) is 135 cm³/mol. The molecule has 2 aromatic heterocycles. The molecule has 0 radical (unpaired) electrons. The Bertz CT molecular complexity index is 908. The highest BCUT2D eigenvalue weighted by Crippen LogP contribution is 2.13. The van der Waals surface area contributed by atoms with Gasteiger partial charge >= 0.3 is 6.03 Å². The van der Waals surface area contributed by atoms with Crippen molar-refractivity contribution in [1.82, 2.24) is 51.0 Å². The number of nitrogens with zero attached hydrogens (tertiary/aromatic N) is 5. The summed E-state index contributed by atoms with van der Waals surface area (Å²) in [5, 5.41) is 15.8. The first-order chi connectivity index (χ1) is 17.1. The number of urea groups is 1. The van der Waals surface area contributed by atoms with Crippen LogP contribution < -0.4 is 32.3 Å². The van der Waals surface area contributed by atoms with Crippen molar-refractivity contribution in [2.75, 3.05) is 71.2 Å². The van der Waals surface area contributed by atoms with E-state index in [0.717, 1.165) is 71.6 Å². The lowest BCUT2D eigenvalue weighted by molar-refractivity contribution is -0.131. The van der Waals surface area contributed by atoms with Crippen LogP contribution in [0, 0.1) is 0 Å². The molecule has 13 heteroatoms. The number of imidazole rings is 1. The van der Waals surface area contributed by atoms with Crippen molar-refractivity contribution in [3.05, 3.63) is 12.7 Å². The molecule has 7 N–H and O–H groups in total. The van der Waals surface area contributed by atoms with Crippen LogP contribution in [0.2, 0.25) is 0 Å². The van der Waals surface area contributed by atoms with E-state index in [0.29, 0.717) is 43.0 Å². The van der Waals surface area contributed by atoms with Crippen molar-refractivity contribution in [2.45, 2.75) is 32.2 Å². The summed E-state index contributed by atoms with van der Waals surface area (Å²) in [5.41, 5.74) is 6.99. The molecule has 0 spiro atoms. The van der Waals surface area contributed by atoms with Crippen LogP contribution >= 0.6 is 0 Å². The van der Waals surface area contributed by atoms with Crippen LogP contribution in [0.1, 0.15) is 25.7 Å². The number of nitrogen functional groups attached to an aromatic ring is 1. The number of unbranched alkanes of at least 4 members (excludes halogenated alkanes) is 2. The summed E-state index contributed by atoms with van der Waals surface area (Å²) in [6.45, 7) is 8.32. The van der Waals surface area contributed by atoms with Crippen LogP contribution in [-0.2, 0) is 11.3 Å². The second-order valence-electron chi connectivity index (χ2n) is 8.49. The average molecular weight is 490 g/mol. The number of anilines is 1. The van der Waals surface area contributed by atoms with Crippen molar-refractivity contribution in [3.63, 3.8) is 0 Å². The summed E-state index contributed by atoms with van der Waals surface area (Å²) < 4.78 is 1.83. The first kappa shape index (κ1) is 26.6. The van der Waals surface area contributed by atoms with Gasteiger partial charge in [0.15, 0.2) is 11.5 Å². The summed E-state index contributed by atoms with van der Waals surface area (Å²) in [5.74, 6) is 0.542. The standard InChI is InChI=1S/C22H39N11O2/c23-20-19-21(30-16-29-20)33(17-31-19)15-12-28-22(35)27-5-3-1-2-4-18(34)32-13-10-25-8-6-24-7-9-26-11-14-32/h16-17,24-26H,1-15H2,(H2,23,29,30)(H2,27,28,35). The average Bonchev–Trinajstić information content (AvgIpc) is 3.26. The van der Waals surface area contributed by atoms with E-state index in [4.69, 9.17) is 5.73 Å². The maximum Gasteiger partial charge on any atom is 0.314 e. The molecule has 13 nitrogen and oxygen atoms in total. The van der Waals surface area contributed by atoms with Gasteiger partial charge in [0, 0.05) is 78.4 Å². The molecule has 3 amide bonds. The molecule has 0 atom stereocenters. The van der Waals surface area contributed by atoms with E-state index in [-0.39, 0.29) is 11.9 Å². The molecule has 0 bridgehead atoms. The molecule has 194 valence electrons. The SMILES string of the molecule is Nc1ncnc2c1ncn2CCNC(=O)NCCCCCC(=O)N1CCNCCNCCNCC1. The van der Waals surface area contributed by atoms with Crippen molar-refractivity contribution < 1.29 is 9.59 Å². The monoisotopic (exact) mass is 489 g/mol. The zero-order valence-corrected chi connectivity index (χ0v) is 20.4. The summed E-state index contributed by atoms with van der Waals surface area (Å²) >= 11 is 0. The van der Waals surface area contributed by atoms with Gasteiger partial charge in [-0.1, -0.05) is 6.42 Å². The lowest BCUT2D eigenvalue weighted by Crippen LogP contribution is -2.44. The third kappa shape index (κ3) is 9.26. The van der Waals surface area contributed by atoms with E-state index in [9.17, 15) is 9.59 Å². The summed E-state index contributed by atoms with van der Waals surface area (Å²) in [4.78, 5) is 38.9. The van der Waals surface area contributed by atoms with Gasteiger partial charge in [-0.2, -0.15) is 0 Å². The zero-order chi connectivity index (χ0) is 24.7. The maximum atomic E-state index is 12.6. The molecular formula is C22H39N11O2. The number of aromatic nitrogens is 4. The van der Waals surface area contributed by atoms with E-state index < -0.39 is 0 Å². The van der Waals surface area contributed by atoms with Gasteiger partial charge in [-0.25, -0.2) is 19.7 Å². The van der Waals surface area contributed by atoms with E-state index in [2.05, 4.69) is 41.5 Å². The van der Waals surface area contributed by atoms with Gasteiger partial charge in [0.25, 0.3) is 0 Å². The van der Waals surface area contributed by atoms with Gasteiger partial charge in [-0.3, -0.25) is 4.79 Å². The summed E-state index contributed by atoms with van der Waals surface area (Å²) in [6.07, 6.45) is 6.13. The Morgan fingerprint density at radius 3 is 2.31 bits per heavy atom. The molecule has 1 aliphatic rings. The molecule has 2 aromatic rings. The number of hydrogen-bond acceptors (Lipinski definition) is 9. The van der Waals surface area contributed by atoms with Crippen LogP contribution in [0.5, 0.6) is 0 Å². The number of nitrogens with two attached hydrogens (primary N) is 1. The van der Waals surface area contributed by atoms with Gasteiger partial charge in [-0.15, -0.1) is 0 Å². The lowest BCUT2D eigenvalue weighted by Gasteiger charge is -2.24. The normalized spacial score (nSPS) is 15.8. The Hall–Kier alpha value is -3.03. The van der Waals surface area contributed by atoms with Crippen molar-refractivity contribution in [2.24, 2.45) is 0 Å². The van der Waals surface area contributed by atoms with Crippen LogP contribution in [0.4, 0.5) is 10.6 Å². The van der Waals surface area contributed by atoms with Gasteiger partial charge in [-0.05, 0) is 12.8 Å². The molecule has 0 aromatic carbocycles. The van der Waals surface area contributed by atoms with E-state index in [1.807, 2.05) is 9.47 Å². The van der Waals surface area contributed by atoms with Crippen molar-refractivity contribution >= 4 is 28.9 Å². The molecule has 0 saturated carbocycles. The number of fused-ring (bicyclic) bond motifs is 1.